The van der Waals surface area contributed by atoms with Crippen molar-refractivity contribution in [2.75, 3.05) is 0 Å². The van der Waals surface area contributed by atoms with Gasteiger partial charge in [0.05, 0.1) is 0 Å². The van der Waals surface area contributed by atoms with E-state index >= 15 is 0 Å². The molecule has 2 aromatic rings. The van der Waals surface area contributed by atoms with Crippen molar-refractivity contribution >= 4 is 16.8 Å². The van der Waals surface area contributed by atoms with Crippen molar-refractivity contribution in [3.8, 4) is 0 Å². The van der Waals surface area contributed by atoms with Crippen LogP contribution in [-0.4, -0.2) is 5.78 Å². The molecule has 0 bridgehead atoms. The molecule has 18 heavy (non-hydrogen) atoms. The van der Waals surface area contributed by atoms with Crippen molar-refractivity contribution in [1.29, 1.82) is 0 Å². The monoisotopic (exact) mass is 246 g/mol. The summed E-state index contributed by atoms with van der Waals surface area (Å²) < 4.78 is 1.20. The molecule has 5 nitrogen and oxygen atoms in total. The van der Waals surface area contributed by atoms with Crippen LogP contribution in [0.4, 0.5) is 0 Å². The molecule has 0 N–H and O–H groups in total. The second kappa shape index (κ2) is 3.94. The second-order valence-electron chi connectivity index (χ2n) is 4.50. The Labute approximate surface area is 104 Å². The Hall–Kier alpha value is -2.17. The van der Waals surface area contributed by atoms with E-state index in [4.69, 9.17) is 0 Å². The predicted octanol–water partition coefficient (Wildman–Crippen LogP) is 1.23. The number of benzene rings is 1. The largest absolute Gasteiger partial charge is 0.618 e. The minimum atomic E-state index is -0.410. The van der Waals surface area contributed by atoms with Gasteiger partial charge in [-0.25, -0.2) is 0 Å². The molecule has 0 atom stereocenters. The topological polar surface area (TPSA) is 71.0 Å². The van der Waals surface area contributed by atoms with Gasteiger partial charge in [-0.2, -0.15) is 9.46 Å². The van der Waals surface area contributed by atoms with Gasteiger partial charge in [0, 0.05) is 26.0 Å². The van der Waals surface area contributed by atoms with E-state index in [1.807, 2.05) is 13.8 Å². The van der Waals surface area contributed by atoms with E-state index < -0.39 is 5.78 Å². The molecular formula is C13H14N2O3. The van der Waals surface area contributed by atoms with Gasteiger partial charge in [-0.3, -0.25) is 4.79 Å². The maximum Gasteiger partial charge on any atom is 0.328 e. The molecule has 0 unspecified atom stereocenters. The number of hydrogen-bond donors (Lipinski definition) is 0. The van der Waals surface area contributed by atoms with Gasteiger partial charge < -0.3 is 10.4 Å². The molecular weight excluding hydrogens is 232 g/mol. The first-order valence-corrected chi connectivity index (χ1v) is 5.62. The zero-order valence-electron chi connectivity index (χ0n) is 10.8. The highest BCUT2D eigenvalue weighted by molar-refractivity contribution is 5.92. The summed E-state index contributed by atoms with van der Waals surface area (Å²) >= 11 is 0. The molecule has 1 aromatic carbocycles. The maximum atomic E-state index is 12.2. The molecule has 0 radical (unpaired) electrons. The van der Waals surface area contributed by atoms with Crippen LogP contribution in [0.3, 0.4) is 0 Å². The highest BCUT2D eigenvalue weighted by atomic mass is 16.5. The van der Waals surface area contributed by atoms with Crippen molar-refractivity contribution in [1.82, 2.24) is 0 Å². The third kappa shape index (κ3) is 1.59. The lowest BCUT2D eigenvalue weighted by atomic mass is 10.1. The molecule has 1 heterocycles. The summed E-state index contributed by atoms with van der Waals surface area (Å²) in [6, 6.07) is 3.31. The van der Waals surface area contributed by atoms with Gasteiger partial charge in [-0.05, 0) is 25.0 Å². The van der Waals surface area contributed by atoms with Crippen LogP contribution in [0.5, 0.6) is 0 Å². The summed E-state index contributed by atoms with van der Waals surface area (Å²) in [7, 11) is 0. The average Bonchev–Trinajstić information content (AvgIpc) is 2.29. The molecule has 0 aliphatic rings. The highest BCUT2D eigenvalue weighted by Gasteiger charge is 2.28. The molecule has 0 amide bonds. The lowest BCUT2D eigenvalue weighted by molar-refractivity contribution is -0.635. The number of aromatic nitrogens is 2. The summed E-state index contributed by atoms with van der Waals surface area (Å²) in [4.78, 5) is 11.5. The quantitative estimate of drug-likeness (QED) is 0.431. The van der Waals surface area contributed by atoms with Crippen LogP contribution in [0.2, 0.25) is 0 Å². The van der Waals surface area contributed by atoms with E-state index in [9.17, 15) is 15.2 Å². The van der Waals surface area contributed by atoms with Gasteiger partial charge in [-0.1, -0.05) is 0 Å². The van der Waals surface area contributed by atoms with E-state index in [0.29, 0.717) is 9.46 Å². The molecule has 0 aliphatic heterocycles. The lowest BCUT2D eigenvalue weighted by Gasteiger charge is -2.10. The first kappa shape index (κ1) is 12.3. The van der Waals surface area contributed by atoms with Crippen LogP contribution in [0, 0.1) is 31.2 Å². The van der Waals surface area contributed by atoms with Crippen LogP contribution in [0.15, 0.2) is 12.1 Å². The highest BCUT2D eigenvalue weighted by Crippen LogP contribution is 2.15. The molecule has 0 aliphatic carbocycles. The van der Waals surface area contributed by atoms with Gasteiger partial charge in [0.25, 0.3) is 16.7 Å². The molecule has 0 saturated heterocycles. The van der Waals surface area contributed by atoms with Gasteiger partial charge in [0.1, 0.15) is 0 Å². The number of nitrogens with zero attached hydrogens (tertiary/aromatic N) is 2. The molecule has 5 heteroatoms. The number of carbonyl (C=O) groups is 1. The lowest BCUT2D eigenvalue weighted by Crippen LogP contribution is -2.46. The van der Waals surface area contributed by atoms with Crippen molar-refractivity contribution < 1.29 is 14.3 Å². The fourth-order valence-electron chi connectivity index (χ4n) is 2.05. The van der Waals surface area contributed by atoms with Gasteiger partial charge in [0.15, 0.2) is 0 Å². The number of ketones is 1. The van der Waals surface area contributed by atoms with Gasteiger partial charge >= 0.3 is 5.69 Å². The number of hydrogen-bond acceptors (Lipinski definition) is 3. The standard InChI is InChI=1S/C13H14N2O3/c1-7-5-11-12(6-8(7)2)15(18)13(10(4)16)9(3)14(11)17/h5-6H,1-4H3. The van der Waals surface area contributed by atoms with E-state index in [2.05, 4.69) is 0 Å². The summed E-state index contributed by atoms with van der Waals surface area (Å²) in [6.45, 7) is 6.49. The van der Waals surface area contributed by atoms with E-state index in [1.165, 1.54) is 13.8 Å². The van der Waals surface area contributed by atoms with Crippen LogP contribution in [0.1, 0.15) is 34.2 Å². The van der Waals surface area contributed by atoms with Gasteiger partial charge in [0.2, 0.25) is 5.78 Å². The third-order valence-corrected chi connectivity index (χ3v) is 3.21. The van der Waals surface area contributed by atoms with Crippen molar-refractivity contribution in [2.24, 2.45) is 0 Å². The van der Waals surface area contributed by atoms with Crippen LogP contribution >= 0.6 is 0 Å². The minimum absolute atomic E-state index is 0.0965. The fourth-order valence-corrected chi connectivity index (χ4v) is 2.05. The van der Waals surface area contributed by atoms with Crippen molar-refractivity contribution in [3.05, 3.63) is 45.1 Å². The van der Waals surface area contributed by atoms with E-state index in [-0.39, 0.29) is 22.4 Å². The fraction of sp³-hybridized carbons (Fsp3) is 0.308. The summed E-state index contributed by atoms with van der Waals surface area (Å²) in [5, 5.41) is 24.2. The molecule has 0 spiro atoms. The summed E-state index contributed by atoms with van der Waals surface area (Å²) in [5.74, 6) is -0.410. The number of carbonyl (C=O) groups excluding carboxylic acids is 1. The van der Waals surface area contributed by atoms with Crippen LogP contribution in [-0.2, 0) is 0 Å². The molecule has 2 rings (SSSR count). The Morgan fingerprint density at radius 1 is 1.00 bits per heavy atom. The summed E-state index contributed by atoms with van der Waals surface area (Å²) in [5.41, 5.74) is 2.39. The Morgan fingerprint density at radius 3 is 1.89 bits per heavy atom. The minimum Gasteiger partial charge on any atom is -0.618 e. The first-order chi connectivity index (χ1) is 8.34. The average molecular weight is 246 g/mol. The Kier molecular flexibility index (Phi) is 2.69. The van der Waals surface area contributed by atoms with E-state index in [0.717, 1.165) is 11.1 Å². The zero-order valence-corrected chi connectivity index (χ0v) is 10.8. The maximum absolute atomic E-state index is 12.2. The number of Topliss-reactive ketones (excluding diaryl/α,β-unsaturated/α-hetero) is 1. The number of rotatable bonds is 1. The molecule has 0 fully saturated rings. The third-order valence-electron chi connectivity index (χ3n) is 3.21. The molecule has 0 saturated carbocycles. The van der Waals surface area contributed by atoms with Crippen molar-refractivity contribution in [2.45, 2.75) is 27.7 Å². The SMILES string of the molecule is CC(=O)c1c(C)[n+]([O-])c2cc(C)c(C)cc2[n+]1[O-]. The van der Waals surface area contributed by atoms with Crippen LogP contribution < -0.4 is 9.46 Å². The normalized spacial score (nSPS) is 10.9. The second-order valence-corrected chi connectivity index (χ2v) is 4.50. The zero-order chi connectivity index (χ0) is 13.6. The Morgan fingerprint density at radius 2 is 1.44 bits per heavy atom. The van der Waals surface area contributed by atoms with E-state index in [1.54, 1.807) is 12.1 Å². The smallest absolute Gasteiger partial charge is 0.328 e. The van der Waals surface area contributed by atoms with Gasteiger partial charge in [-0.15, -0.1) is 0 Å². The van der Waals surface area contributed by atoms with Crippen molar-refractivity contribution in [3.63, 3.8) is 0 Å². The first-order valence-electron chi connectivity index (χ1n) is 5.62. The molecule has 1 aromatic heterocycles. The summed E-state index contributed by atoms with van der Waals surface area (Å²) in [6.07, 6.45) is 0. The number of fused-ring (bicyclic) bond motifs is 1. The predicted molar refractivity (Wildman–Crippen MR) is 66.1 cm³/mol. The molecule has 94 valence electrons. The number of aryl methyl sites for hydroxylation is 2. The Bertz CT molecular complexity index is 678. The van der Waals surface area contributed by atoms with Crippen LogP contribution in [0.25, 0.3) is 11.0 Å². The Balaban J connectivity index is 3.03.